The number of rotatable bonds is 2. The summed E-state index contributed by atoms with van der Waals surface area (Å²) in [6.07, 6.45) is 6.15. The Morgan fingerprint density at radius 1 is 1.29 bits per heavy atom. The maximum Gasteiger partial charge on any atom is 0.0958 e. The molecule has 2 heterocycles. The summed E-state index contributed by atoms with van der Waals surface area (Å²) >= 11 is 0. The predicted molar refractivity (Wildman–Crippen MR) is 58.8 cm³/mol. The van der Waals surface area contributed by atoms with Crippen LogP contribution in [0.25, 0.3) is 0 Å². The normalized spacial score (nSPS) is 29.9. The molecular formula is C11H21N3. The fourth-order valence-electron chi connectivity index (χ4n) is 2.55. The first-order chi connectivity index (χ1) is 6.77. The second-order valence-electron chi connectivity index (χ2n) is 4.63. The maximum atomic E-state index is 7.88. The zero-order valence-corrected chi connectivity index (χ0v) is 9.13. The zero-order valence-electron chi connectivity index (χ0n) is 9.13. The van der Waals surface area contributed by atoms with Crippen LogP contribution in [-0.2, 0) is 0 Å². The number of hydrogen-bond acceptors (Lipinski definition) is 2. The minimum absolute atomic E-state index is 0.702. The number of hydrogen-bond donors (Lipinski definition) is 1. The van der Waals surface area contributed by atoms with Gasteiger partial charge in [0.05, 0.1) is 5.84 Å². The summed E-state index contributed by atoms with van der Waals surface area (Å²) in [7, 11) is 2.21. The molecule has 80 valence electrons. The molecule has 14 heavy (non-hydrogen) atoms. The first-order valence-electron chi connectivity index (χ1n) is 5.80. The highest BCUT2D eigenvalue weighted by molar-refractivity contribution is 5.79. The lowest BCUT2D eigenvalue weighted by molar-refractivity contribution is 0.239. The number of nitrogens with zero attached hydrogens (tertiary/aromatic N) is 2. The molecule has 0 spiro atoms. The van der Waals surface area contributed by atoms with E-state index in [1.165, 1.54) is 32.2 Å². The SMILES string of the molecule is CN1CCCC1CN1CCCCC1=N. The van der Waals surface area contributed by atoms with Gasteiger partial charge >= 0.3 is 0 Å². The Kier molecular flexibility index (Phi) is 3.06. The standard InChI is InChI=1S/C11H21N3/c1-13-7-4-5-10(13)9-14-8-3-2-6-11(14)12/h10,12H,2-9H2,1H3. The van der Waals surface area contributed by atoms with Gasteiger partial charge in [0.2, 0.25) is 0 Å². The van der Waals surface area contributed by atoms with E-state index in [2.05, 4.69) is 16.8 Å². The Bertz CT molecular complexity index is 215. The van der Waals surface area contributed by atoms with Crippen LogP contribution in [0.4, 0.5) is 0 Å². The van der Waals surface area contributed by atoms with Crippen molar-refractivity contribution in [2.75, 3.05) is 26.7 Å². The number of likely N-dealkylation sites (tertiary alicyclic amines) is 2. The number of nitrogens with one attached hydrogen (secondary N) is 1. The highest BCUT2D eigenvalue weighted by atomic mass is 15.2. The van der Waals surface area contributed by atoms with Crippen LogP contribution >= 0.6 is 0 Å². The molecule has 0 amide bonds. The summed E-state index contributed by atoms with van der Waals surface area (Å²) in [4.78, 5) is 4.73. The summed E-state index contributed by atoms with van der Waals surface area (Å²) in [5, 5.41) is 7.88. The quantitative estimate of drug-likeness (QED) is 0.724. The fraction of sp³-hybridized carbons (Fsp3) is 0.909. The summed E-state index contributed by atoms with van der Waals surface area (Å²) in [6, 6.07) is 0.702. The van der Waals surface area contributed by atoms with Crippen molar-refractivity contribution >= 4 is 5.84 Å². The summed E-state index contributed by atoms with van der Waals surface area (Å²) in [5.41, 5.74) is 0. The highest BCUT2D eigenvalue weighted by Gasteiger charge is 2.25. The molecule has 3 heteroatoms. The van der Waals surface area contributed by atoms with Crippen molar-refractivity contribution in [1.29, 1.82) is 5.41 Å². The van der Waals surface area contributed by atoms with Gasteiger partial charge in [-0.1, -0.05) is 0 Å². The minimum atomic E-state index is 0.702. The second-order valence-corrected chi connectivity index (χ2v) is 4.63. The van der Waals surface area contributed by atoms with E-state index in [-0.39, 0.29) is 0 Å². The van der Waals surface area contributed by atoms with Gasteiger partial charge in [-0.05, 0) is 39.3 Å². The predicted octanol–water partition coefficient (Wildman–Crippen LogP) is 1.54. The van der Waals surface area contributed by atoms with Gasteiger partial charge in [0.1, 0.15) is 0 Å². The first-order valence-corrected chi connectivity index (χ1v) is 5.80. The van der Waals surface area contributed by atoms with Crippen molar-refractivity contribution in [3.8, 4) is 0 Å². The number of likely N-dealkylation sites (N-methyl/N-ethyl adjacent to an activating group) is 1. The lowest BCUT2D eigenvalue weighted by Gasteiger charge is -2.33. The monoisotopic (exact) mass is 195 g/mol. The van der Waals surface area contributed by atoms with E-state index in [4.69, 9.17) is 5.41 Å². The van der Waals surface area contributed by atoms with E-state index in [1.54, 1.807) is 0 Å². The largest absolute Gasteiger partial charge is 0.359 e. The van der Waals surface area contributed by atoms with Crippen LogP contribution in [-0.4, -0.2) is 48.4 Å². The van der Waals surface area contributed by atoms with E-state index in [1.807, 2.05) is 0 Å². The average Bonchev–Trinajstić information content (AvgIpc) is 2.56. The molecule has 2 fully saturated rings. The van der Waals surface area contributed by atoms with Gasteiger partial charge in [-0.2, -0.15) is 0 Å². The molecule has 2 aliphatic heterocycles. The lowest BCUT2D eigenvalue weighted by atomic mass is 10.1. The van der Waals surface area contributed by atoms with E-state index >= 15 is 0 Å². The van der Waals surface area contributed by atoms with Crippen LogP contribution < -0.4 is 0 Å². The molecule has 2 saturated heterocycles. The Labute approximate surface area is 86.6 Å². The van der Waals surface area contributed by atoms with Crippen molar-refractivity contribution in [2.45, 2.75) is 38.1 Å². The third-order valence-corrected chi connectivity index (χ3v) is 3.58. The molecule has 1 N–H and O–H groups in total. The fourth-order valence-corrected chi connectivity index (χ4v) is 2.55. The molecule has 0 aromatic carbocycles. The zero-order chi connectivity index (χ0) is 9.97. The molecular weight excluding hydrogens is 174 g/mol. The van der Waals surface area contributed by atoms with Crippen LogP contribution in [0.15, 0.2) is 0 Å². The number of piperidine rings is 1. The van der Waals surface area contributed by atoms with Crippen LogP contribution in [0.2, 0.25) is 0 Å². The average molecular weight is 195 g/mol. The third kappa shape index (κ3) is 2.08. The summed E-state index contributed by atoms with van der Waals surface area (Å²) in [5.74, 6) is 0.872. The van der Waals surface area contributed by atoms with Crippen molar-refractivity contribution in [2.24, 2.45) is 0 Å². The smallest absolute Gasteiger partial charge is 0.0958 e. The van der Waals surface area contributed by atoms with Gasteiger partial charge in [-0.25, -0.2) is 0 Å². The Morgan fingerprint density at radius 2 is 2.14 bits per heavy atom. The topological polar surface area (TPSA) is 30.3 Å². The molecule has 1 unspecified atom stereocenters. The van der Waals surface area contributed by atoms with Crippen LogP contribution in [0.1, 0.15) is 32.1 Å². The van der Waals surface area contributed by atoms with Crippen LogP contribution in [0.3, 0.4) is 0 Å². The Balaban J connectivity index is 1.86. The van der Waals surface area contributed by atoms with E-state index < -0.39 is 0 Å². The number of amidine groups is 1. The molecule has 0 bridgehead atoms. The van der Waals surface area contributed by atoms with Crippen molar-refractivity contribution in [3.63, 3.8) is 0 Å². The van der Waals surface area contributed by atoms with Crippen LogP contribution in [0.5, 0.6) is 0 Å². The molecule has 0 aliphatic carbocycles. The van der Waals surface area contributed by atoms with Gasteiger partial charge < -0.3 is 9.80 Å². The van der Waals surface area contributed by atoms with E-state index in [0.29, 0.717) is 6.04 Å². The Morgan fingerprint density at radius 3 is 2.79 bits per heavy atom. The first kappa shape index (κ1) is 9.97. The molecule has 0 aromatic heterocycles. The minimum Gasteiger partial charge on any atom is -0.359 e. The van der Waals surface area contributed by atoms with Crippen molar-refractivity contribution in [3.05, 3.63) is 0 Å². The maximum absolute atomic E-state index is 7.88. The molecule has 2 aliphatic rings. The molecule has 3 nitrogen and oxygen atoms in total. The van der Waals surface area contributed by atoms with Crippen LogP contribution in [0, 0.1) is 5.41 Å². The summed E-state index contributed by atoms with van der Waals surface area (Å²) < 4.78 is 0. The lowest BCUT2D eigenvalue weighted by Crippen LogP contribution is -2.43. The second kappa shape index (κ2) is 4.30. The highest BCUT2D eigenvalue weighted by Crippen LogP contribution is 2.18. The Hall–Kier alpha value is -0.570. The van der Waals surface area contributed by atoms with E-state index in [0.717, 1.165) is 25.3 Å². The van der Waals surface area contributed by atoms with Gasteiger partial charge in [0, 0.05) is 25.6 Å². The van der Waals surface area contributed by atoms with Gasteiger partial charge in [0.25, 0.3) is 0 Å². The molecule has 2 rings (SSSR count). The molecule has 0 radical (unpaired) electrons. The van der Waals surface area contributed by atoms with Crippen molar-refractivity contribution in [1.82, 2.24) is 9.80 Å². The third-order valence-electron chi connectivity index (χ3n) is 3.58. The van der Waals surface area contributed by atoms with E-state index in [9.17, 15) is 0 Å². The molecule has 0 saturated carbocycles. The van der Waals surface area contributed by atoms with Gasteiger partial charge in [-0.3, -0.25) is 5.41 Å². The van der Waals surface area contributed by atoms with Gasteiger partial charge in [0.15, 0.2) is 0 Å². The summed E-state index contributed by atoms with van der Waals surface area (Å²) in [6.45, 7) is 3.45. The molecule has 0 aromatic rings. The molecule has 1 atom stereocenters. The van der Waals surface area contributed by atoms with Crippen molar-refractivity contribution < 1.29 is 0 Å². The van der Waals surface area contributed by atoms with Gasteiger partial charge in [-0.15, -0.1) is 0 Å².